The molecule has 0 amide bonds. The van der Waals surface area contributed by atoms with Gasteiger partial charge in [0, 0.05) is 6.61 Å². The minimum Gasteiger partial charge on any atom is -0.396 e. The summed E-state index contributed by atoms with van der Waals surface area (Å²) in [5.41, 5.74) is 4.12. The summed E-state index contributed by atoms with van der Waals surface area (Å²) in [4.78, 5) is 0. The summed E-state index contributed by atoms with van der Waals surface area (Å²) in [5, 5.41) is 18.4. The highest BCUT2D eigenvalue weighted by atomic mass is 32.1. The third-order valence-electron chi connectivity index (χ3n) is 2.54. The third-order valence-corrected chi connectivity index (χ3v) is 2.69. The maximum absolute atomic E-state index is 8.80. The molecule has 0 unspecified atom stereocenters. The Labute approximate surface area is 109 Å². The summed E-state index contributed by atoms with van der Waals surface area (Å²) >= 11 is 4.03. The molecule has 0 aromatic rings. The van der Waals surface area contributed by atoms with Crippen LogP contribution >= 0.6 is 12.6 Å². The van der Waals surface area contributed by atoms with E-state index < -0.39 is 0 Å². The van der Waals surface area contributed by atoms with E-state index in [2.05, 4.69) is 19.2 Å². The van der Waals surface area contributed by atoms with E-state index in [-0.39, 0.29) is 6.61 Å². The smallest absolute Gasteiger partial charge is 0.0596 e. The zero-order chi connectivity index (χ0) is 13.4. The standard InChI is InChI=1S/C14H21NOS/c1-10(6-8-17)12(3)9-13(4)14(15)11(2)5-7-16/h6,8-9,15-17H,2,5,7H2,1,3-4H3/b8-6-,12-10+,13-9+,15-14?. The van der Waals surface area contributed by atoms with Crippen LogP contribution in [0.1, 0.15) is 27.2 Å². The van der Waals surface area contributed by atoms with Crippen LogP contribution in [-0.4, -0.2) is 17.4 Å². The maximum Gasteiger partial charge on any atom is 0.0596 e. The normalized spacial score (nSPS) is 13.8. The van der Waals surface area contributed by atoms with E-state index in [0.717, 1.165) is 16.7 Å². The number of thiol groups is 1. The fraction of sp³-hybridized carbons (Fsp3) is 0.357. The highest BCUT2D eigenvalue weighted by molar-refractivity contribution is 7.83. The monoisotopic (exact) mass is 251 g/mol. The Bertz CT molecular complexity index is 389. The molecule has 0 rings (SSSR count). The van der Waals surface area contributed by atoms with Crippen LogP contribution in [0.4, 0.5) is 0 Å². The molecule has 0 bridgehead atoms. The summed E-state index contributed by atoms with van der Waals surface area (Å²) in [6, 6.07) is 0. The van der Waals surface area contributed by atoms with Crippen molar-refractivity contribution >= 4 is 18.3 Å². The average molecular weight is 251 g/mol. The number of allylic oxidation sites excluding steroid dienone is 5. The van der Waals surface area contributed by atoms with Gasteiger partial charge in [0.2, 0.25) is 0 Å². The van der Waals surface area contributed by atoms with E-state index in [9.17, 15) is 0 Å². The Hall–Kier alpha value is -1.06. The predicted octanol–water partition coefficient (Wildman–Crippen LogP) is 3.67. The molecular formula is C14H21NOS. The molecule has 0 aliphatic rings. The summed E-state index contributed by atoms with van der Waals surface area (Å²) < 4.78 is 0. The fourth-order valence-corrected chi connectivity index (χ4v) is 1.52. The van der Waals surface area contributed by atoms with E-state index >= 15 is 0 Å². The first-order chi connectivity index (χ1) is 7.93. The van der Waals surface area contributed by atoms with Crippen molar-refractivity contribution in [3.05, 3.63) is 46.4 Å². The van der Waals surface area contributed by atoms with E-state index in [0.29, 0.717) is 17.7 Å². The Morgan fingerprint density at radius 2 is 1.88 bits per heavy atom. The van der Waals surface area contributed by atoms with Gasteiger partial charge in [0.15, 0.2) is 0 Å². The molecule has 3 heteroatoms. The molecule has 0 aromatic heterocycles. The summed E-state index contributed by atoms with van der Waals surface area (Å²) in [6.07, 6.45) is 4.31. The van der Waals surface area contributed by atoms with Gasteiger partial charge in [-0.2, -0.15) is 12.6 Å². The van der Waals surface area contributed by atoms with Gasteiger partial charge in [-0.05, 0) is 54.9 Å². The first-order valence-electron chi connectivity index (χ1n) is 5.48. The molecule has 0 atom stereocenters. The van der Waals surface area contributed by atoms with Crippen molar-refractivity contribution < 1.29 is 5.11 Å². The minimum atomic E-state index is 0.0325. The van der Waals surface area contributed by atoms with Crippen LogP contribution in [0.5, 0.6) is 0 Å². The topological polar surface area (TPSA) is 44.1 Å². The van der Waals surface area contributed by atoms with Crippen molar-refractivity contribution in [3.8, 4) is 0 Å². The van der Waals surface area contributed by atoms with E-state index in [1.807, 2.05) is 32.9 Å². The van der Waals surface area contributed by atoms with Crippen LogP contribution in [0.15, 0.2) is 46.4 Å². The zero-order valence-corrected chi connectivity index (χ0v) is 11.6. The minimum absolute atomic E-state index is 0.0325. The first kappa shape index (κ1) is 15.9. The van der Waals surface area contributed by atoms with Crippen molar-refractivity contribution in [2.75, 3.05) is 6.61 Å². The fourth-order valence-electron chi connectivity index (χ4n) is 1.29. The van der Waals surface area contributed by atoms with Gasteiger partial charge in [-0.25, -0.2) is 0 Å². The van der Waals surface area contributed by atoms with E-state index in [1.54, 1.807) is 5.41 Å². The van der Waals surface area contributed by atoms with Crippen molar-refractivity contribution in [1.29, 1.82) is 5.41 Å². The average Bonchev–Trinajstić information content (AvgIpc) is 2.28. The van der Waals surface area contributed by atoms with Crippen molar-refractivity contribution in [2.45, 2.75) is 27.2 Å². The Morgan fingerprint density at radius 3 is 2.35 bits per heavy atom. The number of hydrogen-bond acceptors (Lipinski definition) is 3. The molecule has 0 radical (unpaired) electrons. The van der Waals surface area contributed by atoms with Crippen LogP contribution in [-0.2, 0) is 0 Å². The third kappa shape index (κ3) is 5.71. The molecule has 2 nitrogen and oxygen atoms in total. The SMILES string of the molecule is C=C(CCO)C(=N)/C(C)=C/C(C)=C(C)/C=C\S. The first-order valence-corrected chi connectivity index (χ1v) is 6.00. The van der Waals surface area contributed by atoms with Gasteiger partial charge in [-0.3, -0.25) is 0 Å². The predicted molar refractivity (Wildman–Crippen MR) is 78.8 cm³/mol. The number of hydrogen-bond donors (Lipinski definition) is 3. The molecule has 0 saturated carbocycles. The molecule has 0 saturated heterocycles. The Morgan fingerprint density at radius 1 is 1.29 bits per heavy atom. The lowest BCUT2D eigenvalue weighted by Gasteiger charge is -2.07. The second-order valence-corrected chi connectivity index (χ2v) is 4.26. The Kier molecular flexibility index (Phi) is 7.59. The van der Waals surface area contributed by atoms with Gasteiger partial charge >= 0.3 is 0 Å². The molecular weight excluding hydrogens is 230 g/mol. The lowest BCUT2D eigenvalue weighted by Crippen LogP contribution is -2.04. The van der Waals surface area contributed by atoms with Gasteiger partial charge in [0.05, 0.1) is 5.71 Å². The molecule has 2 N–H and O–H groups in total. The van der Waals surface area contributed by atoms with Crippen molar-refractivity contribution in [1.82, 2.24) is 0 Å². The molecule has 0 aromatic carbocycles. The quantitative estimate of drug-likeness (QED) is 0.376. The Balaban J connectivity index is 4.93. The van der Waals surface area contributed by atoms with Gasteiger partial charge in [0.1, 0.15) is 0 Å². The number of aliphatic hydroxyl groups is 1. The van der Waals surface area contributed by atoms with Gasteiger partial charge in [0.25, 0.3) is 0 Å². The van der Waals surface area contributed by atoms with Crippen molar-refractivity contribution in [2.24, 2.45) is 0 Å². The van der Waals surface area contributed by atoms with Crippen LogP contribution in [0.2, 0.25) is 0 Å². The highest BCUT2D eigenvalue weighted by Crippen LogP contribution is 2.13. The largest absolute Gasteiger partial charge is 0.396 e. The van der Waals surface area contributed by atoms with E-state index in [1.165, 1.54) is 0 Å². The lowest BCUT2D eigenvalue weighted by molar-refractivity contribution is 0.301. The molecule has 0 fully saturated rings. The maximum atomic E-state index is 8.80. The number of rotatable bonds is 6. The highest BCUT2D eigenvalue weighted by Gasteiger charge is 2.04. The summed E-state index contributed by atoms with van der Waals surface area (Å²) in [7, 11) is 0. The number of aliphatic hydroxyl groups excluding tert-OH is 1. The van der Waals surface area contributed by atoms with Gasteiger partial charge in [-0.15, -0.1) is 0 Å². The van der Waals surface area contributed by atoms with E-state index in [4.69, 9.17) is 10.5 Å². The second kappa shape index (κ2) is 8.09. The van der Waals surface area contributed by atoms with Crippen LogP contribution in [0.3, 0.4) is 0 Å². The molecule has 0 aliphatic heterocycles. The van der Waals surface area contributed by atoms with Crippen LogP contribution < -0.4 is 0 Å². The molecule has 0 aliphatic carbocycles. The summed E-state index contributed by atoms with van der Waals surface area (Å²) in [5.74, 6) is 0. The van der Waals surface area contributed by atoms with Crippen LogP contribution in [0, 0.1) is 5.41 Å². The summed E-state index contributed by atoms with van der Waals surface area (Å²) in [6.45, 7) is 9.69. The number of nitrogens with one attached hydrogen (secondary N) is 1. The second-order valence-electron chi connectivity index (χ2n) is 3.96. The lowest BCUT2D eigenvalue weighted by atomic mass is 10.00. The molecule has 0 heterocycles. The van der Waals surface area contributed by atoms with Gasteiger partial charge < -0.3 is 10.5 Å². The van der Waals surface area contributed by atoms with Crippen LogP contribution in [0.25, 0.3) is 0 Å². The molecule has 0 spiro atoms. The zero-order valence-electron chi connectivity index (χ0n) is 10.7. The molecule has 94 valence electrons. The van der Waals surface area contributed by atoms with Crippen molar-refractivity contribution in [3.63, 3.8) is 0 Å². The van der Waals surface area contributed by atoms with Gasteiger partial charge in [-0.1, -0.05) is 18.7 Å². The molecule has 17 heavy (non-hydrogen) atoms.